The van der Waals surface area contributed by atoms with Crippen LogP contribution in [0.3, 0.4) is 0 Å². The Morgan fingerprint density at radius 2 is 0.626 bits per heavy atom. The van der Waals surface area contributed by atoms with Crippen molar-refractivity contribution in [2.45, 2.75) is 148 Å². The SMILES string of the molecule is Nc1ccc(-c2cnc(NC(=O)Cc3c(F)c(F)c(F)c(F)c3F)c(CC3CCCC3)n2)cc1.Nc1ccc(-c2cnc(NC(=O)Cc3ccc(F)c(F)c3)c(CC3CCCC3)n2)cc1.Nc1ccc(-c2cnc(NC(=O)Cc3ccc(I)cc3)c(CC3CCCC3)n2)cc1.Nc1ccc(-c2cnc(NC(=O)c3ccccc3)c(CC3CCCC3)n2)cc1. The Kier molecular flexibility index (Phi) is 30.3. The van der Waals surface area contributed by atoms with Gasteiger partial charge in [0.25, 0.3) is 5.91 Å². The van der Waals surface area contributed by atoms with Crippen LogP contribution < -0.4 is 44.2 Å². The van der Waals surface area contributed by atoms with Gasteiger partial charge in [0, 0.05) is 59.7 Å². The van der Waals surface area contributed by atoms with Crippen LogP contribution in [-0.4, -0.2) is 63.5 Å². The van der Waals surface area contributed by atoms with Gasteiger partial charge in [0.15, 0.2) is 58.2 Å². The van der Waals surface area contributed by atoms with Gasteiger partial charge >= 0.3 is 0 Å². The zero-order valence-electron chi connectivity index (χ0n) is 67.6. The molecule has 0 radical (unpaired) electrons. The quantitative estimate of drug-likeness (QED) is 0.00970. The highest BCUT2D eigenvalue weighted by molar-refractivity contribution is 14.1. The third-order valence-corrected chi connectivity index (χ3v) is 23.1. The summed E-state index contributed by atoms with van der Waals surface area (Å²) in [7, 11) is 0. The number of nitrogen functional groups attached to an aromatic ring is 4. The summed E-state index contributed by atoms with van der Waals surface area (Å²) in [6, 6.07) is 50.2. The van der Waals surface area contributed by atoms with E-state index < -0.39 is 58.6 Å². The topological polar surface area (TPSA) is 324 Å². The molecule has 12 N–H and O–H groups in total. The summed E-state index contributed by atoms with van der Waals surface area (Å²) in [6.07, 6.45) is 27.3. The first-order valence-electron chi connectivity index (χ1n) is 41.3. The Hall–Kier alpha value is -12.6. The number of nitrogens with one attached hydrogen (secondary N) is 4. The number of carbonyl (C=O) groups excluding carboxylic acids is 4. The van der Waals surface area contributed by atoms with E-state index in [-0.39, 0.29) is 30.0 Å². The molecule has 0 atom stereocenters. The van der Waals surface area contributed by atoms with Gasteiger partial charge in [0.1, 0.15) is 0 Å². The second kappa shape index (κ2) is 42.3. The van der Waals surface area contributed by atoms with Gasteiger partial charge in [0.05, 0.1) is 89.6 Å². The van der Waals surface area contributed by atoms with Crippen LogP contribution in [0, 0.1) is 68.0 Å². The van der Waals surface area contributed by atoms with Gasteiger partial charge < -0.3 is 44.2 Å². The van der Waals surface area contributed by atoms with Gasteiger partial charge in [-0.1, -0.05) is 188 Å². The summed E-state index contributed by atoms with van der Waals surface area (Å²) < 4.78 is 95.9. The number of nitrogens with zero attached hydrogens (tertiary/aromatic N) is 8. The van der Waals surface area contributed by atoms with Crippen LogP contribution >= 0.6 is 22.6 Å². The van der Waals surface area contributed by atoms with Crippen molar-refractivity contribution in [1.82, 2.24) is 39.9 Å². The fraction of sp³-hybridized carbons (Fsp3) is 0.284. The Morgan fingerprint density at radius 3 is 0.951 bits per heavy atom. The number of hydrogen-bond donors (Lipinski definition) is 8. The first-order chi connectivity index (χ1) is 59.5. The highest BCUT2D eigenvalue weighted by Gasteiger charge is 2.30. The number of benzene rings is 8. The zero-order chi connectivity index (χ0) is 86.5. The molecule has 28 heteroatoms. The normalized spacial score (nSPS) is 14.0. The minimum absolute atomic E-state index is 0.0709. The number of anilines is 8. The van der Waals surface area contributed by atoms with Gasteiger partial charge in [-0.2, -0.15) is 0 Å². The Morgan fingerprint density at radius 1 is 0.333 bits per heavy atom. The van der Waals surface area contributed by atoms with E-state index in [9.17, 15) is 49.9 Å². The largest absolute Gasteiger partial charge is 0.399 e. The molecule has 4 aliphatic rings. The van der Waals surface area contributed by atoms with Gasteiger partial charge in [-0.15, -0.1) is 0 Å². The number of carbonyl (C=O) groups is 4. The van der Waals surface area contributed by atoms with Crippen LogP contribution in [-0.2, 0) is 59.3 Å². The van der Waals surface area contributed by atoms with Crippen molar-refractivity contribution in [1.29, 1.82) is 0 Å². The third kappa shape index (κ3) is 24.6. The molecule has 634 valence electrons. The predicted molar refractivity (Wildman–Crippen MR) is 473 cm³/mol. The monoisotopic (exact) mass is 1780 g/mol. The van der Waals surface area contributed by atoms with Crippen molar-refractivity contribution in [2.75, 3.05) is 44.2 Å². The molecule has 123 heavy (non-hydrogen) atoms. The summed E-state index contributed by atoms with van der Waals surface area (Å²) >= 11 is 2.26. The molecule has 0 aliphatic heterocycles. The fourth-order valence-electron chi connectivity index (χ4n) is 15.7. The lowest BCUT2D eigenvalue weighted by Gasteiger charge is -2.15. The van der Waals surface area contributed by atoms with E-state index >= 15 is 0 Å². The molecular formula is C95H94F7IN16O4. The molecule has 0 unspecified atom stereocenters. The molecule has 12 aromatic rings. The van der Waals surface area contributed by atoms with Crippen LogP contribution in [0.1, 0.15) is 153 Å². The van der Waals surface area contributed by atoms with Crippen molar-refractivity contribution in [3.8, 4) is 45.0 Å². The first-order valence-corrected chi connectivity index (χ1v) is 42.4. The summed E-state index contributed by atoms with van der Waals surface area (Å²) in [5.74, 6) is -10.3. The molecule has 8 aromatic carbocycles. The highest BCUT2D eigenvalue weighted by Crippen LogP contribution is 2.37. The van der Waals surface area contributed by atoms with E-state index in [1.165, 1.54) is 76.5 Å². The van der Waals surface area contributed by atoms with Crippen molar-refractivity contribution < 1.29 is 49.9 Å². The number of aromatic nitrogens is 8. The van der Waals surface area contributed by atoms with Gasteiger partial charge in [-0.3, -0.25) is 19.2 Å². The number of amides is 4. The molecule has 4 aliphatic carbocycles. The fourth-order valence-corrected chi connectivity index (χ4v) is 16.1. The Bertz CT molecular complexity index is 5640. The van der Waals surface area contributed by atoms with E-state index in [0.717, 1.165) is 141 Å². The van der Waals surface area contributed by atoms with Crippen LogP contribution in [0.4, 0.5) is 76.8 Å². The average molecular weight is 1780 g/mol. The lowest BCUT2D eigenvalue weighted by molar-refractivity contribution is -0.116. The molecule has 4 amide bonds. The highest BCUT2D eigenvalue weighted by atomic mass is 127. The molecule has 16 rings (SSSR count). The maximum absolute atomic E-state index is 14.0. The summed E-state index contributed by atoms with van der Waals surface area (Å²) in [5, 5.41) is 11.2. The minimum Gasteiger partial charge on any atom is -0.399 e. The van der Waals surface area contributed by atoms with Crippen molar-refractivity contribution >= 4 is 92.2 Å². The summed E-state index contributed by atoms with van der Waals surface area (Å²) in [5.41, 5.74) is 36.0. The summed E-state index contributed by atoms with van der Waals surface area (Å²) in [6.45, 7) is 0. The Balaban J connectivity index is 0.000000141. The summed E-state index contributed by atoms with van der Waals surface area (Å²) in [4.78, 5) is 87.4. The molecule has 20 nitrogen and oxygen atoms in total. The second-order valence-electron chi connectivity index (χ2n) is 31.5. The maximum atomic E-state index is 14.0. The Labute approximate surface area is 722 Å². The van der Waals surface area contributed by atoms with Gasteiger partial charge in [0.2, 0.25) is 23.5 Å². The lowest BCUT2D eigenvalue weighted by Crippen LogP contribution is -2.20. The number of nitrogens with two attached hydrogens (primary N) is 4. The van der Waals surface area contributed by atoms with Gasteiger partial charge in [-0.25, -0.2) is 70.6 Å². The average Bonchev–Trinajstić information content (AvgIpc) is 1.46. The molecular weight excluding hydrogens is 1690 g/mol. The van der Waals surface area contributed by atoms with E-state index in [4.69, 9.17) is 37.9 Å². The third-order valence-electron chi connectivity index (χ3n) is 22.3. The van der Waals surface area contributed by atoms with Crippen molar-refractivity contribution in [3.05, 3.63) is 284 Å². The predicted octanol–water partition coefficient (Wildman–Crippen LogP) is 20.2. The molecule has 0 bridgehead atoms. The van der Waals surface area contributed by atoms with E-state index in [0.29, 0.717) is 93.6 Å². The molecule has 4 heterocycles. The standard InChI is InChI=1S/C24H21F5N4O.C24H24F2N4O.C24H25IN4O.C23H24N4O/c25-19-15(20(26)22(28)23(29)21(19)27)10-18(34)33-24-16(9-12-3-1-2-4-12)32-17(11-31-24)13-5-7-14(30)8-6-13;25-19-10-5-16(11-20(19)26)13-23(31)30-24-21(12-15-3-1-2-4-15)29-22(14-28-24)17-6-8-18(27)9-7-17;25-19-9-5-17(6-10-19)14-23(30)29-24-21(13-16-3-1-2-4-16)28-22(15-27-24)18-7-11-20(26)12-8-18;24-19-12-10-17(11-13-19)21-15-25-22(20(26-21)14-16-6-4-5-7-16)27-23(28)18-8-2-1-3-9-18/h5-8,11-12H,1-4,9-10,30H2,(H,31,33,34);5-11,14-15H,1-4,12-13,27H2,(H,28,30,31);5-12,15-16H,1-4,13-14,26H2,(H,27,29,30);1-3,8-13,15-16H,4-7,14,24H2,(H,25,27,28). The number of halogens is 8. The molecule has 0 saturated heterocycles. The zero-order valence-corrected chi connectivity index (χ0v) is 69.7. The minimum atomic E-state index is -2.28. The van der Waals surface area contributed by atoms with Crippen molar-refractivity contribution in [3.63, 3.8) is 0 Å². The van der Waals surface area contributed by atoms with Crippen molar-refractivity contribution in [2.24, 2.45) is 23.7 Å². The molecule has 4 saturated carbocycles. The van der Waals surface area contributed by atoms with Crippen LogP contribution in [0.5, 0.6) is 0 Å². The number of hydrogen-bond acceptors (Lipinski definition) is 16. The smallest absolute Gasteiger partial charge is 0.256 e. The van der Waals surface area contributed by atoms with E-state index in [1.54, 1.807) is 55.0 Å². The first kappa shape index (κ1) is 88.2. The van der Waals surface area contributed by atoms with Gasteiger partial charge in [-0.05, 0) is 168 Å². The molecule has 4 fully saturated rings. The second-order valence-corrected chi connectivity index (χ2v) is 32.8. The van der Waals surface area contributed by atoms with E-state index in [1.807, 2.05) is 115 Å². The molecule has 4 aromatic heterocycles. The maximum Gasteiger partial charge on any atom is 0.256 e. The number of rotatable bonds is 23. The molecule has 0 spiro atoms. The van der Waals surface area contributed by atoms with Crippen LogP contribution in [0.2, 0.25) is 0 Å². The van der Waals surface area contributed by atoms with Crippen LogP contribution in [0.15, 0.2) is 195 Å². The van der Waals surface area contributed by atoms with E-state index in [2.05, 4.69) is 68.8 Å². The van der Waals surface area contributed by atoms with Crippen LogP contribution in [0.25, 0.3) is 45.0 Å². The lowest BCUT2D eigenvalue weighted by atomic mass is 10.0.